The van der Waals surface area contributed by atoms with E-state index in [1.165, 1.54) is 0 Å². The molecule has 1 aromatic heterocycles. The molecule has 0 spiro atoms. The van der Waals surface area contributed by atoms with Crippen LogP contribution in [0.15, 0.2) is 41.0 Å². The van der Waals surface area contributed by atoms with E-state index in [1.807, 2.05) is 13.0 Å². The number of nitrogens with one attached hydrogen (secondary N) is 1. The lowest BCUT2D eigenvalue weighted by Gasteiger charge is -2.12. The zero-order chi connectivity index (χ0) is 13.8. The number of carbonyl (C=O) groups is 1. The van der Waals surface area contributed by atoms with Crippen LogP contribution in [0.5, 0.6) is 0 Å². The first-order valence-electron chi connectivity index (χ1n) is 5.83. The van der Waals surface area contributed by atoms with Crippen LogP contribution in [0.25, 0.3) is 0 Å². The zero-order valence-corrected chi connectivity index (χ0v) is 11.8. The van der Waals surface area contributed by atoms with Crippen molar-refractivity contribution in [2.75, 3.05) is 0 Å². The van der Waals surface area contributed by atoms with Crippen molar-refractivity contribution in [2.24, 2.45) is 0 Å². The van der Waals surface area contributed by atoms with Gasteiger partial charge in [-0.1, -0.05) is 29.3 Å². The molecule has 19 heavy (non-hydrogen) atoms. The molecule has 0 radical (unpaired) electrons. The van der Waals surface area contributed by atoms with Crippen LogP contribution in [0.1, 0.15) is 24.3 Å². The first kappa shape index (κ1) is 14.0. The van der Waals surface area contributed by atoms with Gasteiger partial charge in [0.1, 0.15) is 5.76 Å². The fraction of sp³-hybridized carbons (Fsp3) is 0.214. The Labute approximate surface area is 121 Å². The van der Waals surface area contributed by atoms with Gasteiger partial charge in [-0.25, -0.2) is 0 Å². The fourth-order valence-electron chi connectivity index (χ4n) is 1.76. The minimum atomic E-state index is -0.191. The van der Waals surface area contributed by atoms with Crippen LogP contribution >= 0.6 is 23.2 Å². The highest BCUT2D eigenvalue weighted by atomic mass is 35.5. The summed E-state index contributed by atoms with van der Waals surface area (Å²) >= 11 is 12.1. The van der Waals surface area contributed by atoms with Crippen molar-refractivity contribution in [1.82, 2.24) is 5.32 Å². The Morgan fingerprint density at radius 1 is 1.26 bits per heavy atom. The van der Waals surface area contributed by atoms with Crippen LogP contribution in [0.4, 0.5) is 0 Å². The summed E-state index contributed by atoms with van der Waals surface area (Å²) in [7, 11) is 0. The molecular weight excluding hydrogens is 285 g/mol. The molecule has 1 heterocycles. The van der Waals surface area contributed by atoms with Crippen LogP contribution in [-0.4, -0.2) is 5.91 Å². The van der Waals surface area contributed by atoms with E-state index in [0.29, 0.717) is 21.4 Å². The normalized spacial score (nSPS) is 12.2. The van der Waals surface area contributed by atoms with Gasteiger partial charge >= 0.3 is 0 Å². The van der Waals surface area contributed by atoms with E-state index < -0.39 is 0 Å². The average molecular weight is 298 g/mol. The Morgan fingerprint density at radius 3 is 2.53 bits per heavy atom. The molecular formula is C14H13Cl2NO2. The van der Waals surface area contributed by atoms with Crippen LogP contribution < -0.4 is 5.32 Å². The zero-order valence-electron chi connectivity index (χ0n) is 10.3. The van der Waals surface area contributed by atoms with E-state index in [0.717, 1.165) is 0 Å². The summed E-state index contributed by atoms with van der Waals surface area (Å²) in [5, 5.41) is 3.82. The standard InChI is InChI=1S/C14H13Cl2NO2/c1-9(13-6-3-7-19-13)17-14(18)8-10-11(15)4-2-5-12(10)16/h2-7,9H,8H2,1H3,(H,17,18)/t9-/m1/s1. The number of hydrogen-bond donors (Lipinski definition) is 1. The Kier molecular flexibility index (Phi) is 4.51. The summed E-state index contributed by atoms with van der Waals surface area (Å²) in [6.45, 7) is 1.85. The van der Waals surface area contributed by atoms with E-state index in [9.17, 15) is 4.79 Å². The Morgan fingerprint density at radius 2 is 1.95 bits per heavy atom. The molecule has 0 unspecified atom stereocenters. The second-order valence-corrected chi connectivity index (χ2v) is 5.00. The number of benzene rings is 1. The van der Waals surface area contributed by atoms with Gasteiger partial charge < -0.3 is 9.73 Å². The Balaban J connectivity index is 2.02. The molecule has 100 valence electrons. The third-order valence-electron chi connectivity index (χ3n) is 2.75. The molecule has 0 aliphatic heterocycles. The van der Waals surface area contributed by atoms with E-state index in [4.69, 9.17) is 27.6 Å². The molecule has 0 aliphatic rings. The van der Waals surface area contributed by atoms with Gasteiger partial charge in [0.2, 0.25) is 5.91 Å². The van der Waals surface area contributed by atoms with E-state index >= 15 is 0 Å². The third kappa shape index (κ3) is 3.52. The number of rotatable bonds is 4. The van der Waals surface area contributed by atoms with Gasteiger partial charge in [-0.3, -0.25) is 4.79 Å². The van der Waals surface area contributed by atoms with Crippen molar-refractivity contribution in [3.63, 3.8) is 0 Å². The second-order valence-electron chi connectivity index (χ2n) is 4.18. The summed E-state index contributed by atoms with van der Waals surface area (Å²) in [6.07, 6.45) is 1.71. The van der Waals surface area contributed by atoms with Gasteiger partial charge in [-0.15, -0.1) is 0 Å². The van der Waals surface area contributed by atoms with Gasteiger partial charge in [-0.05, 0) is 36.8 Å². The molecule has 5 heteroatoms. The van der Waals surface area contributed by atoms with Crippen molar-refractivity contribution in [3.8, 4) is 0 Å². The number of hydrogen-bond acceptors (Lipinski definition) is 2. The first-order valence-corrected chi connectivity index (χ1v) is 6.59. The van der Waals surface area contributed by atoms with Crippen LogP contribution in [-0.2, 0) is 11.2 Å². The van der Waals surface area contributed by atoms with Gasteiger partial charge in [0.25, 0.3) is 0 Å². The predicted molar refractivity (Wildman–Crippen MR) is 75.4 cm³/mol. The summed E-state index contributed by atoms with van der Waals surface area (Å²) < 4.78 is 5.23. The SMILES string of the molecule is C[C@@H](NC(=O)Cc1c(Cl)cccc1Cl)c1ccco1. The van der Waals surface area contributed by atoms with Gasteiger partial charge in [0, 0.05) is 10.0 Å². The van der Waals surface area contributed by atoms with Crippen LogP contribution in [0.3, 0.4) is 0 Å². The molecule has 2 rings (SSSR count). The number of carbonyl (C=O) groups excluding carboxylic acids is 1. The smallest absolute Gasteiger partial charge is 0.225 e. The second kappa shape index (κ2) is 6.13. The molecule has 0 saturated carbocycles. The highest BCUT2D eigenvalue weighted by Crippen LogP contribution is 2.25. The van der Waals surface area contributed by atoms with Crippen molar-refractivity contribution >= 4 is 29.1 Å². The van der Waals surface area contributed by atoms with Crippen molar-refractivity contribution in [3.05, 3.63) is 58.0 Å². The summed E-state index contributed by atoms with van der Waals surface area (Å²) in [5.74, 6) is 0.553. The maximum Gasteiger partial charge on any atom is 0.225 e. The molecule has 0 fully saturated rings. The maximum absolute atomic E-state index is 12.0. The average Bonchev–Trinajstić information content (AvgIpc) is 2.88. The summed E-state index contributed by atoms with van der Waals surface area (Å²) in [5.41, 5.74) is 0.634. The van der Waals surface area contributed by atoms with Gasteiger partial charge in [-0.2, -0.15) is 0 Å². The summed E-state index contributed by atoms with van der Waals surface area (Å²) in [6, 6.07) is 8.58. The van der Waals surface area contributed by atoms with Gasteiger partial charge in [0.05, 0.1) is 18.7 Å². The van der Waals surface area contributed by atoms with Crippen molar-refractivity contribution < 1.29 is 9.21 Å². The highest BCUT2D eigenvalue weighted by molar-refractivity contribution is 6.36. The first-order chi connectivity index (χ1) is 9.08. The number of furan rings is 1. The minimum Gasteiger partial charge on any atom is -0.467 e. The van der Waals surface area contributed by atoms with E-state index in [1.54, 1.807) is 30.5 Å². The molecule has 3 nitrogen and oxygen atoms in total. The van der Waals surface area contributed by atoms with Crippen molar-refractivity contribution in [2.45, 2.75) is 19.4 Å². The number of halogens is 2. The van der Waals surface area contributed by atoms with E-state index in [-0.39, 0.29) is 18.4 Å². The van der Waals surface area contributed by atoms with Gasteiger partial charge in [0.15, 0.2) is 0 Å². The van der Waals surface area contributed by atoms with Crippen molar-refractivity contribution in [1.29, 1.82) is 0 Å². The predicted octanol–water partition coefficient (Wildman–Crippen LogP) is 4.01. The summed E-state index contributed by atoms with van der Waals surface area (Å²) in [4.78, 5) is 12.0. The van der Waals surface area contributed by atoms with Crippen LogP contribution in [0, 0.1) is 0 Å². The molecule has 0 aliphatic carbocycles. The fourth-order valence-corrected chi connectivity index (χ4v) is 2.29. The van der Waals surface area contributed by atoms with E-state index in [2.05, 4.69) is 5.32 Å². The maximum atomic E-state index is 12.0. The monoisotopic (exact) mass is 297 g/mol. The molecule has 2 aromatic rings. The van der Waals surface area contributed by atoms with Crippen LogP contribution in [0.2, 0.25) is 10.0 Å². The third-order valence-corrected chi connectivity index (χ3v) is 3.45. The minimum absolute atomic E-state index is 0.142. The highest BCUT2D eigenvalue weighted by Gasteiger charge is 2.15. The molecule has 0 bridgehead atoms. The Bertz CT molecular complexity index is 547. The lowest BCUT2D eigenvalue weighted by atomic mass is 10.1. The molecule has 1 amide bonds. The largest absolute Gasteiger partial charge is 0.467 e. The topological polar surface area (TPSA) is 42.2 Å². The number of amides is 1. The Hall–Kier alpha value is -1.45. The molecule has 0 saturated heterocycles. The lowest BCUT2D eigenvalue weighted by Crippen LogP contribution is -2.28. The quantitative estimate of drug-likeness (QED) is 0.926. The molecule has 1 atom stereocenters. The molecule has 1 N–H and O–H groups in total. The molecule has 1 aromatic carbocycles. The lowest BCUT2D eigenvalue weighted by molar-refractivity contribution is -0.121.